The lowest BCUT2D eigenvalue weighted by molar-refractivity contribution is 0.0974. The fraction of sp³-hybridized carbons (Fsp3) is 0.286. The standard InChI is InChI=1S/C21H21ClN2O3S/c1-3-13-9-15-18(23-17-5-4-6-19(25)21(15)17)11-20(13)28(26,27)24-14-8-7-12(2)16(22)10-14/h7-11,23-24H,3-6H2,1-2H3. The molecule has 4 rings (SSSR count). The minimum Gasteiger partial charge on any atom is -0.358 e. The molecule has 0 bridgehead atoms. The number of carbonyl (C=O) groups is 1. The van der Waals surface area contributed by atoms with Gasteiger partial charge in [0.2, 0.25) is 0 Å². The lowest BCUT2D eigenvalue weighted by Crippen LogP contribution is -2.15. The van der Waals surface area contributed by atoms with E-state index in [1.165, 1.54) is 0 Å². The number of carbonyl (C=O) groups excluding carboxylic acids is 1. The number of aromatic amines is 1. The Labute approximate surface area is 169 Å². The maximum absolute atomic E-state index is 13.1. The first-order chi connectivity index (χ1) is 13.3. The van der Waals surface area contributed by atoms with E-state index < -0.39 is 10.0 Å². The summed E-state index contributed by atoms with van der Waals surface area (Å²) in [6.45, 7) is 3.77. The highest BCUT2D eigenvalue weighted by Gasteiger charge is 2.26. The SMILES string of the molecule is CCc1cc2c3c([nH]c2cc1S(=O)(=O)Nc1ccc(C)c(Cl)c1)CCCC3=O. The number of aryl methyl sites for hydroxylation is 3. The second-order valence-electron chi connectivity index (χ2n) is 7.18. The zero-order valence-electron chi connectivity index (χ0n) is 15.7. The largest absolute Gasteiger partial charge is 0.358 e. The number of H-pyrrole nitrogens is 1. The van der Waals surface area contributed by atoms with E-state index in [1.54, 1.807) is 24.3 Å². The molecule has 0 saturated carbocycles. The Morgan fingerprint density at radius 2 is 1.96 bits per heavy atom. The van der Waals surface area contributed by atoms with Gasteiger partial charge < -0.3 is 4.98 Å². The monoisotopic (exact) mass is 416 g/mol. The highest BCUT2D eigenvalue weighted by molar-refractivity contribution is 7.92. The van der Waals surface area contributed by atoms with E-state index in [4.69, 9.17) is 11.6 Å². The fourth-order valence-electron chi connectivity index (χ4n) is 3.77. The zero-order chi connectivity index (χ0) is 20.1. The Bertz CT molecular complexity index is 1210. The summed E-state index contributed by atoms with van der Waals surface area (Å²) < 4.78 is 28.8. The molecule has 5 nitrogen and oxygen atoms in total. The number of nitrogens with one attached hydrogen (secondary N) is 2. The van der Waals surface area contributed by atoms with Gasteiger partial charge in [-0.1, -0.05) is 24.6 Å². The normalized spacial score (nSPS) is 14.3. The number of hydrogen-bond donors (Lipinski definition) is 2. The molecule has 28 heavy (non-hydrogen) atoms. The lowest BCUT2D eigenvalue weighted by Gasteiger charge is -2.13. The molecule has 1 aromatic heterocycles. The summed E-state index contributed by atoms with van der Waals surface area (Å²) in [6, 6.07) is 8.54. The highest BCUT2D eigenvalue weighted by Crippen LogP contribution is 2.33. The maximum atomic E-state index is 13.1. The van der Waals surface area contributed by atoms with Gasteiger partial charge in [-0.05, 0) is 61.6 Å². The van der Waals surface area contributed by atoms with Gasteiger partial charge in [0.25, 0.3) is 10.0 Å². The van der Waals surface area contributed by atoms with Crippen LogP contribution in [0, 0.1) is 6.92 Å². The fourth-order valence-corrected chi connectivity index (χ4v) is 5.32. The van der Waals surface area contributed by atoms with Crippen molar-refractivity contribution in [3.8, 4) is 0 Å². The Kier molecular flexibility index (Phi) is 4.71. The number of sulfonamides is 1. The van der Waals surface area contributed by atoms with Crippen molar-refractivity contribution >= 4 is 44.0 Å². The molecule has 3 aromatic rings. The first-order valence-electron chi connectivity index (χ1n) is 9.30. The van der Waals surface area contributed by atoms with Crippen molar-refractivity contribution in [2.75, 3.05) is 4.72 Å². The summed E-state index contributed by atoms with van der Waals surface area (Å²) in [5.74, 6) is 0.123. The van der Waals surface area contributed by atoms with Crippen LogP contribution in [0.1, 0.15) is 46.9 Å². The average molecular weight is 417 g/mol. The lowest BCUT2D eigenvalue weighted by atomic mass is 9.94. The van der Waals surface area contributed by atoms with Crippen LogP contribution in [-0.2, 0) is 22.9 Å². The van der Waals surface area contributed by atoms with Crippen LogP contribution in [0.2, 0.25) is 5.02 Å². The average Bonchev–Trinajstić information content (AvgIpc) is 3.02. The van der Waals surface area contributed by atoms with Crippen LogP contribution >= 0.6 is 11.6 Å². The molecule has 7 heteroatoms. The molecule has 0 atom stereocenters. The van der Waals surface area contributed by atoms with Gasteiger partial charge in [-0.15, -0.1) is 0 Å². The number of fused-ring (bicyclic) bond motifs is 3. The van der Waals surface area contributed by atoms with E-state index in [-0.39, 0.29) is 10.7 Å². The van der Waals surface area contributed by atoms with Crippen molar-refractivity contribution in [2.24, 2.45) is 0 Å². The molecular formula is C21H21ClN2O3S. The van der Waals surface area contributed by atoms with E-state index in [9.17, 15) is 13.2 Å². The number of Topliss-reactive ketones (excluding diaryl/α,β-unsaturated/α-hetero) is 1. The van der Waals surface area contributed by atoms with E-state index >= 15 is 0 Å². The van der Waals surface area contributed by atoms with E-state index in [2.05, 4.69) is 9.71 Å². The van der Waals surface area contributed by atoms with Gasteiger partial charge in [-0.3, -0.25) is 9.52 Å². The molecule has 1 heterocycles. The molecule has 0 amide bonds. The Morgan fingerprint density at radius 1 is 1.18 bits per heavy atom. The molecular weight excluding hydrogens is 396 g/mol. The number of anilines is 1. The third-order valence-corrected chi connectivity index (χ3v) is 7.13. The number of rotatable bonds is 4. The second kappa shape index (κ2) is 6.94. The van der Waals surface area contributed by atoms with E-state index in [0.717, 1.165) is 35.0 Å². The predicted octanol–water partition coefficient (Wildman–Crippen LogP) is 5.01. The van der Waals surface area contributed by atoms with Crippen LogP contribution < -0.4 is 4.72 Å². The summed E-state index contributed by atoms with van der Waals surface area (Å²) in [5, 5.41) is 1.32. The van der Waals surface area contributed by atoms with Crippen LogP contribution in [0.15, 0.2) is 35.2 Å². The van der Waals surface area contributed by atoms with Gasteiger partial charge in [0, 0.05) is 33.6 Å². The summed E-state index contributed by atoms with van der Waals surface area (Å²) >= 11 is 6.13. The molecule has 0 fully saturated rings. The van der Waals surface area contributed by atoms with Gasteiger partial charge in [0.15, 0.2) is 5.78 Å². The molecule has 0 aliphatic heterocycles. The summed E-state index contributed by atoms with van der Waals surface area (Å²) in [6.07, 6.45) is 2.70. The third kappa shape index (κ3) is 3.20. The first kappa shape index (κ1) is 19.0. The van der Waals surface area contributed by atoms with Gasteiger partial charge >= 0.3 is 0 Å². The molecule has 146 valence electrons. The minimum absolute atomic E-state index is 0.123. The van der Waals surface area contributed by atoms with Crippen LogP contribution in [0.5, 0.6) is 0 Å². The van der Waals surface area contributed by atoms with Crippen molar-refractivity contribution in [2.45, 2.75) is 44.4 Å². The van der Waals surface area contributed by atoms with Gasteiger partial charge in [-0.2, -0.15) is 0 Å². The highest BCUT2D eigenvalue weighted by atomic mass is 35.5. The smallest absolute Gasteiger partial charge is 0.262 e. The van der Waals surface area contributed by atoms with Crippen molar-refractivity contribution in [3.05, 3.63) is 57.7 Å². The Morgan fingerprint density at radius 3 is 2.68 bits per heavy atom. The zero-order valence-corrected chi connectivity index (χ0v) is 17.3. The van der Waals surface area contributed by atoms with Crippen molar-refractivity contribution < 1.29 is 13.2 Å². The summed E-state index contributed by atoms with van der Waals surface area (Å²) in [7, 11) is -3.81. The van der Waals surface area contributed by atoms with Crippen LogP contribution in [0.25, 0.3) is 10.9 Å². The quantitative estimate of drug-likeness (QED) is 0.627. The van der Waals surface area contributed by atoms with Crippen molar-refractivity contribution in [3.63, 3.8) is 0 Å². The molecule has 2 aromatic carbocycles. The Balaban J connectivity index is 1.82. The van der Waals surface area contributed by atoms with Crippen molar-refractivity contribution in [1.29, 1.82) is 0 Å². The predicted molar refractivity (Wildman–Crippen MR) is 112 cm³/mol. The van der Waals surface area contributed by atoms with Gasteiger partial charge in [0.1, 0.15) is 0 Å². The molecule has 1 aliphatic rings. The molecule has 0 unspecified atom stereocenters. The number of halogens is 1. The minimum atomic E-state index is -3.81. The number of aromatic nitrogens is 1. The first-order valence-corrected chi connectivity index (χ1v) is 11.2. The van der Waals surface area contributed by atoms with Gasteiger partial charge in [-0.25, -0.2) is 8.42 Å². The van der Waals surface area contributed by atoms with Crippen molar-refractivity contribution in [1.82, 2.24) is 4.98 Å². The second-order valence-corrected chi connectivity index (χ2v) is 9.24. The molecule has 2 N–H and O–H groups in total. The summed E-state index contributed by atoms with van der Waals surface area (Å²) in [5.41, 5.74) is 4.28. The molecule has 0 saturated heterocycles. The van der Waals surface area contributed by atoms with Gasteiger partial charge in [0.05, 0.1) is 10.6 Å². The van der Waals surface area contributed by atoms with E-state index in [0.29, 0.717) is 34.6 Å². The molecule has 0 spiro atoms. The number of hydrogen-bond acceptors (Lipinski definition) is 3. The molecule has 0 radical (unpaired) electrons. The number of ketones is 1. The van der Waals surface area contributed by atoms with E-state index in [1.807, 2.05) is 19.9 Å². The summed E-state index contributed by atoms with van der Waals surface area (Å²) in [4.78, 5) is 15.8. The topological polar surface area (TPSA) is 79.0 Å². The third-order valence-electron chi connectivity index (χ3n) is 5.26. The molecule has 1 aliphatic carbocycles. The van der Waals surface area contributed by atoms with Crippen LogP contribution in [0.3, 0.4) is 0 Å². The number of benzene rings is 2. The Hall–Kier alpha value is -2.31. The van der Waals surface area contributed by atoms with Crippen LogP contribution in [0.4, 0.5) is 5.69 Å². The maximum Gasteiger partial charge on any atom is 0.262 e. The van der Waals surface area contributed by atoms with Crippen LogP contribution in [-0.4, -0.2) is 19.2 Å².